The van der Waals surface area contributed by atoms with Crippen molar-refractivity contribution in [2.24, 2.45) is 37.8 Å². The molecule has 22 heteroatoms. The monoisotopic (exact) mass is 804 g/mol. The van der Waals surface area contributed by atoms with Gasteiger partial charge in [0.05, 0.1) is 36.5 Å². The van der Waals surface area contributed by atoms with Gasteiger partial charge in [0.25, 0.3) is 19.1 Å². The molecule has 0 aliphatic carbocycles. The molecule has 2 aliphatic rings. The van der Waals surface area contributed by atoms with Crippen molar-refractivity contribution >= 4 is 112 Å². The first-order valence-electron chi connectivity index (χ1n) is 15.3. The van der Waals surface area contributed by atoms with E-state index in [0.29, 0.717) is 59.5 Å². The number of benzene rings is 2. The van der Waals surface area contributed by atoms with Crippen LogP contribution >= 0.6 is 46.5 Å². The Morgan fingerprint density at radius 1 is 0.820 bits per heavy atom. The summed E-state index contributed by atoms with van der Waals surface area (Å²) >= 11 is 1.94. The Bertz CT molecular complexity index is 2070. The molecule has 0 radical (unpaired) electrons. The normalized spacial score (nSPS) is 17.7. The molecule has 50 heavy (non-hydrogen) atoms. The minimum absolute atomic E-state index is 0. The maximum atomic E-state index is 12.8. The molecule has 0 saturated carbocycles. The van der Waals surface area contributed by atoms with Gasteiger partial charge in [-0.25, -0.2) is 31.6 Å². The van der Waals surface area contributed by atoms with Crippen LogP contribution in [0.25, 0.3) is 22.1 Å². The predicted octanol–water partition coefficient (Wildman–Crippen LogP) is 4.36. The lowest BCUT2D eigenvalue weighted by Crippen LogP contribution is -2.41. The maximum Gasteiger partial charge on any atom is 0.266 e. The lowest BCUT2D eigenvalue weighted by Gasteiger charge is -2.19. The van der Waals surface area contributed by atoms with Crippen LogP contribution in [0.1, 0.15) is 40.5 Å². The summed E-state index contributed by atoms with van der Waals surface area (Å²) in [5, 5.41) is 11.8. The van der Waals surface area contributed by atoms with Crippen LogP contribution in [0.5, 0.6) is 0 Å². The van der Waals surface area contributed by atoms with E-state index in [1.165, 1.54) is 12.1 Å². The van der Waals surface area contributed by atoms with Gasteiger partial charge in [-0.2, -0.15) is 27.7 Å². The Morgan fingerprint density at radius 2 is 1.32 bits per heavy atom. The third kappa shape index (κ3) is 10.5. The highest BCUT2D eigenvalue weighted by atomic mass is 35.7. The van der Waals surface area contributed by atoms with E-state index < -0.39 is 19.1 Å². The smallest absolute Gasteiger partial charge is 0.266 e. The molecular weight excluding hydrogens is 768 g/mol. The molecule has 272 valence electrons. The van der Waals surface area contributed by atoms with Gasteiger partial charge < -0.3 is 5.73 Å². The number of hydrogen-bond acceptors (Lipinski definition) is 14. The van der Waals surface area contributed by atoms with Crippen LogP contribution in [0, 0.1) is 11.8 Å². The van der Waals surface area contributed by atoms with Crippen molar-refractivity contribution in [1.29, 1.82) is 0 Å². The van der Waals surface area contributed by atoms with Gasteiger partial charge in [-0.3, -0.25) is 9.98 Å². The van der Waals surface area contributed by atoms with Gasteiger partial charge in [0.2, 0.25) is 11.9 Å². The van der Waals surface area contributed by atoms with E-state index in [0.717, 1.165) is 42.8 Å². The highest BCUT2D eigenvalue weighted by Gasteiger charge is 2.27. The second-order valence-corrected chi connectivity index (χ2v) is 15.7. The van der Waals surface area contributed by atoms with Gasteiger partial charge >= 0.3 is 0 Å². The first-order valence-corrected chi connectivity index (χ1v) is 20.5. The average molecular weight is 806 g/mol. The Morgan fingerprint density at radius 3 is 1.82 bits per heavy atom. The molecule has 4 heterocycles. The van der Waals surface area contributed by atoms with Gasteiger partial charge in [0.1, 0.15) is 31.9 Å². The van der Waals surface area contributed by atoms with Crippen molar-refractivity contribution in [2.45, 2.75) is 50.3 Å². The molecule has 2 atom stereocenters. The molecule has 3 N–H and O–H groups in total. The number of guanidine groups is 2. The van der Waals surface area contributed by atoms with Crippen LogP contribution < -0.4 is 10.5 Å². The Labute approximate surface area is 310 Å². The van der Waals surface area contributed by atoms with Crippen LogP contribution in [0.3, 0.4) is 0 Å². The zero-order valence-electron chi connectivity index (χ0n) is 27.6. The first kappa shape index (κ1) is 40.9. The lowest BCUT2D eigenvalue weighted by molar-refractivity contribution is 0.429. The van der Waals surface area contributed by atoms with Crippen LogP contribution in [-0.2, 0) is 19.1 Å². The number of nitrogens with two attached hydrogens (primary N) is 1. The van der Waals surface area contributed by atoms with Gasteiger partial charge in [0, 0.05) is 48.0 Å². The van der Waals surface area contributed by atoms with E-state index in [4.69, 9.17) is 16.4 Å². The fourth-order valence-corrected chi connectivity index (χ4v) is 7.85. The molecule has 2 unspecified atom stereocenters. The van der Waals surface area contributed by atoms with Crippen LogP contribution in [-0.4, -0.2) is 94.9 Å². The standard InChI is InChI=1S/C14H18N6O2S2.C8H16N4.C6H3ClN2O2S2.ClH/c1-3-10-8-16-20(9-10)14(15-4-2)19-24(21,22)12-7-5-6-11-13(12)18-23-17-11;1-3-7-5-11-12(6-7)8(9)10-4-2;7-13(10,11)5-3-1-2-4-6(5)9-12-8-4;/h5-8,10H,3-4,9H2,1-2H3,(H,15,19);5,7H,3-4,6H2,1-2H3,(H2,9,10);1-3H;1H. The number of nitrogens with one attached hydrogen (secondary N) is 1. The molecule has 0 bridgehead atoms. The zero-order chi connectivity index (χ0) is 35.6. The number of halogens is 2. The summed E-state index contributed by atoms with van der Waals surface area (Å²) in [6, 6.07) is 9.57. The van der Waals surface area contributed by atoms with Crippen LogP contribution in [0.15, 0.2) is 66.4 Å². The third-order valence-electron chi connectivity index (χ3n) is 7.11. The fourth-order valence-electron chi connectivity index (χ4n) is 4.46. The van der Waals surface area contributed by atoms with E-state index in [1.54, 1.807) is 34.3 Å². The molecule has 2 aromatic heterocycles. The molecule has 2 aliphatic heterocycles. The van der Waals surface area contributed by atoms with E-state index in [2.05, 4.69) is 56.3 Å². The number of aliphatic imine (C=N–C) groups is 2. The second kappa shape index (κ2) is 18.6. The number of hydrazone groups is 2. The molecular formula is C28H38Cl2N12O4S4. The SMILES string of the molecule is CCN=C(N)N1CC(CC)C=N1.CCN=C(NS(=O)(=O)c1cccc2nsnc12)N1CC(CC)C=N1.Cl.O=S(=O)(Cl)c1cccc2nsnc12. The minimum atomic E-state index is -3.83. The van der Waals surface area contributed by atoms with Crippen molar-refractivity contribution in [3.05, 3.63) is 36.4 Å². The molecule has 4 aromatic rings. The number of aromatic nitrogens is 4. The minimum Gasteiger partial charge on any atom is -0.368 e. The van der Waals surface area contributed by atoms with E-state index >= 15 is 0 Å². The van der Waals surface area contributed by atoms with Crippen molar-refractivity contribution < 1.29 is 16.8 Å². The lowest BCUT2D eigenvalue weighted by atomic mass is 10.1. The largest absolute Gasteiger partial charge is 0.368 e. The predicted molar refractivity (Wildman–Crippen MR) is 204 cm³/mol. The molecule has 0 saturated heterocycles. The van der Waals surface area contributed by atoms with Crippen molar-refractivity contribution in [2.75, 3.05) is 26.2 Å². The number of rotatable bonds is 7. The summed E-state index contributed by atoms with van der Waals surface area (Å²) < 4.78 is 66.2. The summed E-state index contributed by atoms with van der Waals surface area (Å²) in [6.07, 6.45) is 5.82. The number of nitrogens with zero attached hydrogens (tertiary/aromatic N) is 10. The number of hydrogen-bond donors (Lipinski definition) is 2. The molecule has 16 nitrogen and oxygen atoms in total. The fraction of sp³-hybridized carbons (Fsp3) is 0.429. The van der Waals surface area contributed by atoms with E-state index in [9.17, 15) is 16.8 Å². The van der Waals surface area contributed by atoms with Gasteiger partial charge in [-0.1, -0.05) is 26.0 Å². The van der Waals surface area contributed by atoms with Crippen molar-refractivity contribution in [3.8, 4) is 0 Å². The van der Waals surface area contributed by atoms with Gasteiger partial charge in [-0.15, -0.1) is 12.4 Å². The highest BCUT2D eigenvalue weighted by Crippen LogP contribution is 2.24. The van der Waals surface area contributed by atoms with Crippen LogP contribution in [0.2, 0.25) is 0 Å². The third-order valence-corrected chi connectivity index (χ3v) is 10.9. The van der Waals surface area contributed by atoms with Crippen molar-refractivity contribution in [1.82, 2.24) is 32.2 Å². The highest BCUT2D eigenvalue weighted by molar-refractivity contribution is 8.14. The van der Waals surface area contributed by atoms with Gasteiger partial charge in [0.15, 0.2) is 0 Å². The van der Waals surface area contributed by atoms with E-state index in [1.807, 2.05) is 26.3 Å². The number of sulfonamides is 1. The first-order chi connectivity index (χ1) is 23.4. The molecule has 2 aromatic carbocycles. The summed E-state index contributed by atoms with van der Waals surface area (Å²) in [7, 11) is -2.35. The summed E-state index contributed by atoms with van der Waals surface area (Å²) in [6.45, 7) is 10.7. The zero-order valence-corrected chi connectivity index (χ0v) is 32.5. The van der Waals surface area contributed by atoms with Crippen molar-refractivity contribution in [3.63, 3.8) is 0 Å². The summed E-state index contributed by atoms with van der Waals surface area (Å²) in [5.41, 5.74) is 7.47. The Hall–Kier alpha value is -3.56. The Balaban J connectivity index is 0.000000220. The Kier molecular flexibility index (Phi) is 15.2. The molecule has 0 fully saturated rings. The molecule has 0 amide bonds. The molecule has 0 spiro atoms. The number of fused-ring (bicyclic) bond motifs is 2. The molecule has 6 rings (SSSR count). The maximum absolute atomic E-state index is 12.8. The average Bonchev–Trinajstić information content (AvgIpc) is 3.90. The summed E-state index contributed by atoms with van der Waals surface area (Å²) in [4.78, 5) is 8.45. The topological polar surface area (TPSA) is 214 Å². The van der Waals surface area contributed by atoms with Gasteiger partial charge in [-0.05, 0) is 51.0 Å². The van der Waals surface area contributed by atoms with Crippen LogP contribution in [0.4, 0.5) is 0 Å². The quantitative estimate of drug-likeness (QED) is 0.152. The summed E-state index contributed by atoms with van der Waals surface area (Å²) in [5.74, 6) is 1.59. The van der Waals surface area contributed by atoms with E-state index in [-0.39, 0.29) is 28.2 Å². The second-order valence-electron chi connectivity index (χ2n) is 10.5.